The summed E-state index contributed by atoms with van der Waals surface area (Å²) in [6, 6.07) is 4.07. The molecule has 20 nitrogen and oxygen atoms in total. The van der Waals surface area contributed by atoms with E-state index < -0.39 is 26.3 Å². The van der Waals surface area contributed by atoms with Crippen LogP contribution in [0.15, 0.2) is 30.6 Å². The number of rotatable bonds is 36. The third kappa shape index (κ3) is 23.7. The van der Waals surface area contributed by atoms with Gasteiger partial charge in [-0.3, -0.25) is 0 Å². The molecule has 71 heavy (non-hydrogen) atoms. The molecule has 0 radical (unpaired) electrons. The molecular weight excluding hydrogens is 980 g/mol. The summed E-state index contributed by atoms with van der Waals surface area (Å²) in [7, 11) is -2.18. The third-order valence-corrected chi connectivity index (χ3v) is 10.6. The summed E-state index contributed by atoms with van der Waals surface area (Å²) in [4.78, 5) is 28.9. The predicted molar refractivity (Wildman–Crippen MR) is 261 cm³/mol. The number of nitrogens with zero attached hydrogens (tertiary/aromatic N) is 8. The number of fused-ring (bicyclic) bond motifs is 1. The molecule has 1 aliphatic heterocycles. The number of ether oxygens (including phenoxy) is 10. The SMILES string of the molecule is CC.CC.CCCOCCOCCOCCOCCn1cc(COCCOCCOCCOCCN(Cc2c(C)cccc2C(F)(F)F)c2nc(Cl)nc3c2cnn3C2CCC(COCP(O)O)O2)nn1. The van der Waals surface area contributed by atoms with Gasteiger partial charge in [0.15, 0.2) is 20.3 Å². The van der Waals surface area contributed by atoms with Crippen molar-refractivity contribution in [3.05, 3.63) is 58.3 Å². The number of aryl methyl sites for hydroxylation is 1. The lowest BCUT2D eigenvalue weighted by molar-refractivity contribution is -0.138. The maximum atomic E-state index is 14.3. The highest BCUT2D eigenvalue weighted by molar-refractivity contribution is 7.44. The van der Waals surface area contributed by atoms with Crippen LogP contribution in [-0.4, -0.2) is 169 Å². The molecule has 0 saturated carbocycles. The summed E-state index contributed by atoms with van der Waals surface area (Å²) in [6.45, 7) is 19.0. The van der Waals surface area contributed by atoms with Gasteiger partial charge in [-0.1, -0.05) is 52.0 Å². The van der Waals surface area contributed by atoms with Crippen LogP contribution >= 0.6 is 20.0 Å². The molecular formula is C46H75ClF3N8O12P. The van der Waals surface area contributed by atoms with E-state index in [0.29, 0.717) is 114 Å². The van der Waals surface area contributed by atoms with E-state index in [-0.39, 0.29) is 75.2 Å². The van der Waals surface area contributed by atoms with Gasteiger partial charge in [-0.15, -0.1) is 5.10 Å². The van der Waals surface area contributed by atoms with Crippen molar-refractivity contribution in [2.24, 2.45) is 0 Å². The van der Waals surface area contributed by atoms with E-state index in [9.17, 15) is 13.2 Å². The molecule has 4 heterocycles. The van der Waals surface area contributed by atoms with Crippen LogP contribution in [0.5, 0.6) is 0 Å². The number of aromatic nitrogens is 7. The molecule has 0 spiro atoms. The molecule has 4 aromatic rings. The van der Waals surface area contributed by atoms with Gasteiger partial charge in [0.1, 0.15) is 17.9 Å². The number of anilines is 1. The van der Waals surface area contributed by atoms with E-state index in [1.807, 2.05) is 27.7 Å². The Labute approximate surface area is 421 Å². The van der Waals surface area contributed by atoms with Crippen molar-refractivity contribution in [1.82, 2.24) is 34.7 Å². The smallest absolute Gasteiger partial charge is 0.379 e. The molecule has 1 saturated heterocycles. The molecule has 2 atom stereocenters. The first-order valence-electron chi connectivity index (χ1n) is 24.2. The van der Waals surface area contributed by atoms with E-state index in [4.69, 9.17) is 68.8 Å². The molecule has 0 amide bonds. The lowest BCUT2D eigenvalue weighted by atomic mass is 10.0. The molecule has 3 aromatic heterocycles. The Morgan fingerprint density at radius 3 is 1.99 bits per heavy atom. The average molecular weight is 1060 g/mol. The molecule has 2 N–H and O–H groups in total. The van der Waals surface area contributed by atoms with Crippen LogP contribution in [0.4, 0.5) is 19.0 Å². The average Bonchev–Trinajstić information content (AvgIpc) is 4.13. The molecule has 1 aliphatic rings. The van der Waals surface area contributed by atoms with Gasteiger partial charge in [0.05, 0.1) is 142 Å². The van der Waals surface area contributed by atoms with Crippen molar-refractivity contribution in [1.29, 1.82) is 0 Å². The predicted octanol–water partition coefficient (Wildman–Crippen LogP) is 7.15. The maximum absolute atomic E-state index is 14.3. The molecule has 1 aromatic carbocycles. The number of hydrogen-bond acceptors (Lipinski definition) is 18. The molecule has 0 bridgehead atoms. The first kappa shape index (κ1) is 62.0. The third-order valence-electron chi connectivity index (χ3n) is 10.0. The van der Waals surface area contributed by atoms with Crippen molar-refractivity contribution in [3.63, 3.8) is 0 Å². The Kier molecular flexibility index (Phi) is 32.0. The first-order chi connectivity index (χ1) is 34.5. The lowest BCUT2D eigenvalue weighted by Gasteiger charge is -2.27. The number of benzene rings is 1. The Balaban J connectivity index is 0.00000324. The second-order valence-corrected chi connectivity index (χ2v) is 16.5. The number of hydrogen-bond donors (Lipinski definition) is 2. The summed E-state index contributed by atoms with van der Waals surface area (Å²) >= 11 is 6.46. The summed E-state index contributed by atoms with van der Waals surface area (Å²) in [5.74, 6) is 0.281. The lowest BCUT2D eigenvalue weighted by Crippen LogP contribution is -2.30. The minimum absolute atomic E-state index is 0.0840. The van der Waals surface area contributed by atoms with Gasteiger partial charge in [-0.05, 0) is 55.0 Å². The monoisotopic (exact) mass is 1050 g/mol. The zero-order chi connectivity index (χ0) is 51.7. The van der Waals surface area contributed by atoms with Gasteiger partial charge in [0.2, 0.25) is 5.28 Å². The minimum atomic E-state index is -4.59. The Hall–Kier alpha value is -3.26. The largest absolute Gasteiger partial charge is 0.416 e. The minimum Gasteiger partial charge on any atom is -0.379 e. The Bertz CT molecular complexity index is 1990. The second-order valence-electron chi connectivity index (χ2n) is 15.1. The van der Waals surface area contributed by atoms with Crippen LogP contribution in [0.2, 0.25) is 5.28 Å². The highest BCUT2D eigenvalue weighted by atomic mass is 35.5. The van der Waals surface area contributed by atoms with Crippen molar-refractivity contribution in [2.75, 3.05) is 124 Å². The zero-order valence-electron chi connectivity index (χ0n) is 42.0. The van der Waals surface area contributed by atoms with Crippen LogP contribution in [0.1, 0.15) is 82.5 Å². The van der Waals surface area contributed by atoms with Crippen LogP contribution in [-0.2, 0) is 73.2 Å². The fourth-order valence-electron chi connectivity index (χ4n) is 6.81. The second kappa shape index (κ2) is 36.6. The highest BCUT2D eigenvalue weighted by Crippen LogP contribution is 2.37. The molecule has 1 fully saturated rings. The number of alkyl halides is 3. The molecule has 2 unspecified atom stereocenters. The number of halogens is 4. The van der Waals surface area contributed by atoms with E-state index in [0.717, 1.165) is 19.1 Å². The van der Waals surface area contributed by atoms with Crippen molar-refractivity contribution in [3.8, 4) is 0 Å². The molecule has 25 heteroatoms. The van der Waals surface area contributed by atoms with E-state index in [1.165, 1.54) is 12.3 Å². The Morgan fingerprint density at radius 2 is 1.38 bits per heavy atom. The van der Waals surface area contributed by atoms with Gasteiger partial charge in [0, 0.05) is 19.7 Å². The molecule has 0 aliphatic carbocycles. The summed E-state index contributed by atoms with van der Waals surface area (Å²) in [5, 5.41) is 13.1. The normalized spacial score (nSPS) is 14.8. The molecule has 404 valence electrons. The van der Waals surface area contributed by atoms with Crippen molar-refractivity contribution >= 4 is 36.8 Å². The maximum Gasteiger partial charge on any atom is 0.416 e. The van der Waals surface area contributed by atoms with Gasteiger partial charge in [-0.25, -0.2) is 9.36 Å². The van der Waals surface area contributed by atoms with Gasteiger partial charge in [-0.2, -0.15) is 28.2 Å². The van der Waals surface area contributed by atoms with Gasteiger partial charge < -0.3 is 62.1 Å². The standard InChI is InChI=1S/C42H63ClF3N8O12P.2C2H6/c1-3-11-57-14-17-60-20-21-62-19-16-59-13-10-53-27-33(50-51-53)29-64-25-24-63-23-22-61-18-15-58-12-9-52(28-36-32(2)5-4-6-37(36)42(44,45)46)39-35-26-47-54(40(35)49-41(43)48-39)38-8-7-34(66-38)30-65-31-67(55)56;2*1-2/h4-6,26-27,34,38,55-56H,3,7-25,28-31H2,1-2H3;2*1-2H3. The topological polar surface area (TPSA) is 210 Å². The summed E-state index contributed by atoms with van der Waals surface area (Å²) in [6.07, 6.45) is -0.116. The van der Waals surface area contributed by atoms with Gasteiger partial charge in [0.25, 0.3) is 0 Å². The fourth-order valence-corrected chi connectivity index (χ4v) is 7.24. The first-order valence-corrected chi connectivity index (χ1v) is 26.0. The van der Waals surface area contributed by atoms with E-state index in [2.05, 4.69) is 32.3 Å². The van der Waals surface area contributed by atoms with Crippen molar-refractivity contribution in [2.45, 2.75) is 99.0 Å². The summed E-state index contributed by atoms with van der Waals surface area (Å²) in [5.41, 5.74) is 0.822. The van der Waals surface area contributed by atoms with E-state index in [1.54, 1.807) is 33.5 Å². The quantitative estimate of drug-likeness (QED) is 0.0263. The highest BCUT2D eigenvalue weighted by Gasteiger charge is 2.35. The fraction of sp³-hybridized carbons (Fsp3) is 0.717. The molecule has 5 rings (SSSR count). The summed E-state index contributed by atoms with van der Waals surface area (Å²) < 4.78 is 102. The van der Waals surface area contributed by atoms with Crippen LogP contribution in [0.3, 0.4) is 0 Å². The Morgan fingerprint density at radius 1 is 0.789 bits per heavy atom. The van der Waals surface area contributed by atoms with Gasteiger partial charge >= 0.3 is 6.18 Å². The van der Waals surface area contributed by atoms with Crippen LogP contribution in [0.25, 0.3) is 11.0 Å². The van der Waals surface area contributed by atoms with Crippen LogP contribution in [0, 0.1) is 6.92 Å². The van der Waals surface area contributed by atoms with Crippen LogP contribution < -0.4 is 4.90 Å². The van der Waals surface area contributed by atoms with E-state index >= 15 is 0 Å². The zero-order valence-corrected chi connectivity index (χ0v) is 43.7. The van der Waals surface area contributed by atoms with Crippen molar-refractivity contribution < 1.29 is 70.3 Å².